The van der Waals surface area contributed by atoms with Gasteiger partial charge >= 0.3 is 0 Å². The number of halogens is 4. The van der Waals surface area contributed by atoms with Gasteiger partial charge in [0.2, 0.25) is 5.91 Å². The van der Waals surface area contributed by atoms with E-state index in [0.717, 1.165) is 36.5 Å². The molecule has 1 aromatic carbocycles. The van der Waals surface area contributed by atoms with Gasteiger partial charge in [0.15, 0.2) is 11.6 Å². The molecule has 1 saturated heterocycles. The first-order valence-corrected chi connectivity index (χ1v) is 13.1. The Morgan fingerprint density at radius 1 is 1.20 bits per heavy atom. The quantitative estimate of drug-likeness (QED) is 0.325. The van der Waals surface area contributed by atoms with E-state index in [1.165, 1.54) is 6.20 Å². The van der Waals surface area contributed by atoms with E-state index in [0.29, 0.717) is 29.7 Å². The molecular formula is C27H22ClF3N8O2. The second kappa shape index (κ2) is 10.2. The Morgan fingerprint density at radius 2 is 2.00 bits per heavy atom. The molecule has 3 atom stereocenters. The lowest BCUT2D eigenvalue weighted by Crippen LogP contribution is -2.30. The number of aryl methyl sites for hydroxylation is 1. The van der Waals surface area contributed by atoms with E-state index >= 15 is 0 Å². The summed E-state index contributed by atoms with van der Waals surface area (Å²) >= 11 is 5.80. The monoisotopic (exact) mass is 582 g/mol. The fourth-order valence-corrected chi connectivity index (χ4v) is 5.14. The lowest BCUT2D eigenvalue weighted by Gasteiger charge is -2.20. The first-order valence-electron chi connectivity index (χ1n) is 12.7. The van der Waals surface area contributed by atoms with Gasteiger partial charge in [0.05, 0.1) is 46.7 Å². The molecule has 0 bridgehead atoms. The Labute approximate surface area is 236 Å². The molecule has 4 heterocycles. The minimum Gasteiger partial charge on any atom is -0.318 e. The van der Waals surface area contributed by atoms with Crippen LogP contribution in [0.3, 0.4) is 0 Å². The first kappa shape index (κ1) is 26.8. The van der Waals surface area contributed by atoms with Crippen LogP contribution in [-0.2, 0) is 4.79 Å². The summed E-state index contributed by atoms with van der Waals surface area (Å²) in [6.45, 7) is 4.40. The smallest absolute Gasteiger partial charge is 0.275 e. The van der Waals surface area contributed by atoms with E-state index < -0.39 is 29.3 Å². The Kier molecular flexibility index (Phi) is 6.68. The summed E-state index contributed by atoms with van der Waals surface area (Å²) < 4.78 is 43.3. The first-order chi connectivity index (χ1) is 19.6. The van der Waals surface area contributed by atoms with Crippen LogP contribution in [0.4, 0.5) is 24.7 Å². The average Bonchev–Trinajstić information content (AvgIpc) is 3.45. The van der Waals surface area contributed by atoms with Gasteiger partial charge in [-0.3, -0.25) is 24.2 Å². The lowest BCUT2D eigenvalue weighted by atomic mass is 10.0. The second-order valence-electron chi connectivity index (χ2n) is 10.1. The summed E-state index contributed by atoms with van der Waals surface area (Å²) in [7, 11) is 0. The van der Waals surface area contributed by atoms with Crippen LogP contribution >= 0.6 is 11.6 Å². The van der Waals surface area contributed by atoms with Gasteiger partial charge in [-0.05, 0) is 43.9 Å². The van der Waals surface area contributed by atoms with Crippen LogP contribution < -0.4 is 10.2 Å². The number of piperidine rings is 1. The maximum atomic E-state index is 14.7. The van der Waals surface area contributed by atoms with E-state index in [1.807, 2.05) is 19.9 Å². The van der Waals surface area contributed by atoms with Crippen LogP contribution in [0.25, 0.3) is 11.3 Å². The fourth-order valence-electron chi connectivity index (χ4n) is 4.99. The number of hydrogen-bond donors (Lipinski definition) is 1. The summed E-state index contributed by atoms with van der Waals surface area (Å²) in [5.41, 5.74) is 0.118. The van der Waals surface area contributed by atoms with Crippen molar-refractivity contribution in [3.63, 3.8) is 0 Å². The Bertz CT molecular complexity index is 1700. The summed E-state index contributed by atoms with van der Waals surface area (Å²) in [5, 5.41) is 15.2. The summed E-state index contributed by atoms with van der Waals surface area (Å²) in [5.74, 6) is -0.588. The number of alkyl halides is 2. The van der Waals surface area contributed by atoms with Crippen LogP contribution in [0.2, 0.25) is 5.02 Å². The third-order valence-electron chi connectivity index (χ3n) is 7.33. The number of hydrogen-bond acceptors (Lipinski definition) is 7. The number of benzene rings is 1. The molecule has 14 heteroatoms. The highest BCUT2D eigenvalue weighted by Gasteiger charge is 2.53. The highest BCUT2D eigenvalue weighted by atomic mass is 35.5. The number of carbonyl (C=O) groups excluding carboxylic acids is 2. The topological polar surface area (TPSA) is 119 Å². The van der Waals surface area contributed by atoms with Crippen molar-refractivity contribution in [2.45, 2.75) is 32.7 Å². The van der Waals surface area contributed by atoms with Gasteiger partial charge in [0, 0.05) is 29.8 Å². The molecular weight excluding hydrogens is 561 g/mol. The van der Waals surface area contributed by atoms with Gasteiger partial charge < -0.3 is 5.32 Å². The average molecular weight is 583 g/mol. The Morgan fingerprint density at radius 3 is 2.71 bits per heavy atom. The maximum Gasteiger partial charge on any atom is 0.275 e. The number of rotatable bonds is 7. The van der Waals surface area contributed by atoms with Crippen LogP contribution in [0.5, 0.6) is 0 Å². The van der Waals surface area contributed by atoms with E-state index in [1.54, 1.807) is 15.8 Å². The van der Waals surface area contributed by atoms with Crippen LogP contribution in [-0.4, -0.2) is 48.3 Å². The van der Waals surface area contributed by atoms with Crippen molar-refractivity contribution >= 4 is 34.9 Å². The molecule has 41 heavy (non-hydrogen) atoms. The standard InChI is InChI=1S/C27H22ClF3N8O2/c1-12-5-19(36-37-25(12)38-10-14-6-17(14)27(38)41)13(2)39-11-15(7-33-39)34-26(40)21-9-32-8-20(35-21)22-16(24(30)31)3-4-18(28)23(22)29/h3-5,7-9,11,13-14,17,24H,6,10H2,1-2H3,(H,34,40)/t13-,14+,17+/m0/s1. The Hall–Kier alpha value is -4.39. The van der Waals surface area contributed by atoms with Crippen molar-refractivity contribution in [2.24, 2.45) is 11.8 Å². The van der Waals surface area contributed by atoms with Gasteiger partial charge in [-0.1, -0.05) is 17.7 Å². The van der Waals surface area contributed by atoms with Crippen molar-refractivity contribution in [1.82, 2.24) is 29.9 Å². The summed E-state index contributed by atoms with van der Waals surface area (Å²) in [6, 6.07) is 3.53. The van der Waals surface area contributed by atoms with Gasteiger partial charge in [0.25, 0.3) is 12.3 Å². The predicted molar refractivity (Wildman–Crippen MR) is 142 cm³/mol. The number of nitrogens with one attached hydrogen (secondary N) is 1. The maximum absolute atomic E-state index is 14.7. The number of anilines is 2. The molecule has 2 fully saturated rings. The van der Waals surface area contributed by atoms with Gasteiger partial charge in [-0.15, -0.1) is 5.10 Å². The number of amides is 2. The molecule has 1 aliphatic heterocycles. The molecule has 0 unspecified atom stereocenters. The molecule has 3 aromatic heterocycles. The second-order valence-corrected chi connectivity index (χ2v) is 10.5. The molecule has 0 spiro atoms. The Balaban J connectivity index is 1.18. The SMILES string of the molecule is Cc1cc([C@H](C)n2cc(NC(=O)c3cncc(-c4c(C(F)F)ccc(Cl)c4F)n3)cn2)nnc1N1C[C@H]2C[C@H]2C1=O. The minimum absolute atomic E-state index is 0.100. The molecule has 210 valence electrons. The number of carbonyl (C=O) groups is 2. The van der Waals surface area contributed by atoms with Crippen LogP contribution in [0.15, 0.2) is 43.0 Å². The molecule has 2 amide bonds. The van der Waals surface area contributed by atoms with E-state index in [2.05, 4.69) is 30.6 Å². The van der Waals surface area contributed by atoms with Crippen molar-refractivity contribution in [3.05, 3.63) is 76.3 Å². The third kappa shape index (κ3) is 4.90. The van der Waals surface area contributed by atoms with Crippen molar-refractivity contribution in [2.75, 3.05) is 16.8 Å². The van der Waals surface area contributed by atoms with E-state index in [-0.39, 0.29) is 34.3 Å². The number of fused-ring (bicyclic) bond motifs is 1. The van der Waals surface area contributed by atoms with Gasteiger partial charge in [0.1, 0.15) is 5.69 Å². The zero-order valence-corrected chi connectivity index (χ0v) is 22.5. The molecule has 4 aromatic rings. The minimum atomic E-state index is -3.00. The third-order valence-corrected chi connectivity index (χ3v) is 7.62. The molecule has 0 radical (unpaired) electrons. The van der Waals surface area contributed by atoms with E-state index in [9.17, 15) is 22.8 Å². The normalized spacial score (nSPS) is 18.5. The highest BCUT2D eigenvalue weighted by Crippen LogP contribution is 2.47. The molecule has 1 N–H and O–H groups in total. The molecule has 6 rings (SSSR count). The zero-order valence-electron chi connectivity index (χ0n) is 21.7. The van der Waals surface area contributed by atoms with Crippen molar-refractivity contribution in [1.29, 1.82) is 0 Å². The van der Waals surface area contributed by atoms with Crippen LogP contribution in [0, 0.1) is 24.6 Å². The zero-order chi connectivity index (χ0) is 29.0. The largest absolute Gasteiger partial charge is 0.318 e. The van der Waals surface area contributed by atoms with Crippen molar-refractivity contribution < 1.29 is 22.8 Å². The number of nitrogens with zero attached hydrogens (tertiary/aromatic N) is 7. The predicted octanol–water partition coefficient (Wildman–Crippen LogP) is 5.01. The molecule has 1 saturated carbocycles. The van der Waals surface area contributed by atoms with E-state index in [4.69, 9.17) is 11.6 Å². The van der Waals surface area contributed by atoms with Crippen molar-refractivity contribution in [3.8, 4) is 11.3 Å². The fraction of sp³-hybridized carbons (Fsp3) is 0.296. The van der Waals surface area contributed by atoms with Gasteiger partial charge in [-0.2, -0.15) is 10.2 Å². The summed E-state index contributed by atoms with van der Waals surface area (Å²) in [6.07, 6.45) is 3.16. The summed E-state index contributed by atoms with van der Waals surface area (Å²) in [4.78, 5) is 35.0. The van der Waals surface area contributed by atoms with Crippen LogP contribution in [0.1, 0.15) is 53.1 Å². The number of aromatic nitrogens is 6. The lowest BCUT2D eigenvalue weighted by molar-refractivity contribution is -0.118. The molecule has 2 aliphatic rings. The highest BCUT2D eigenvalue weighted by molar-refractivity contribution is 6.31. The molecule has 1 aliphatic carbocycles. The molecule has 10 nitrogen and oxygen atoms in total. The van der Waals surface area contributed by atoms with Gasteiger partial charge in [-0.25, -0.2) is 18.2 Å².